The Balaban J connectivity index is 2.44. The average molecular weight is 280 g/mol. The zero-order valence-electron chi connectivity index (χ0n) is 11.9. The molecule has 1 unspecified atom stereocenters. The van der Waals surface area contributed by atoms with Gasteiger partial charge in [-0.25, -0.2) is 5.43 Å². The van der Waals surface area contributed by atoms with Crippen molar-refractivity contribution in [3.05, 3.63) is 29.5 Å². The number of hydrazine groups is 1. The third kappa shape index (κ3) is 2.66. The lowest BCUT2D eigenvalue weighted by Gasteiger charge is -2.20. The summed E-state index contributed by atoms with van der Waals surface area (Å²) in [6, 6.07) is 3.47. The number of hydrogen-bond acceptors (Lipinski definition) is 6. The molecule has 0 amide bonds. The van der Waals surface area contributed by atoms with Crippen LogP contribution in [0.4, 0.5) is 0 Å². The molecule has 110 valence electrons. The number of methoxy groups -OCH3 is 3. The lowest BCUT2D eigenvalue weighted by Crippen LogP contribution is -2.29. The molecule has 0 radical (unpaired) electrons. The molecule has 1 aliphatic rings. The Bertz CT molecular complexity index is 477. The molecule has 0 saturated heterocycles. The van der Waals surface area contributed by atoms with E-state index in [4.69, 9.17) is 24.8 Å². The van der Waals surface area contributed by atoms with Gasteiger partial charge in [0, 0.05) is 6.42 Å². The van der Waals surface area contributed by atoms with Gasteiger partial charge in [-0.1, -0.05) is 0 Å². The van der Waals surface area contributed by atoms with E-state index in [2.05, 4.69) is 5.43 Å². The van der Waals surface area contributed by atoms with Crippen molar-refractivity contribution in [1.29, 1.82) is 0 Å². The van der Waals surface area contributed by atoms with E-state index in [1.165, 1.54) is 0 Å². The topological polar surface area (TPSA) is 75.0 Å². The Morgan fingerprint density at radius 3 is 2.20 bits per heavy atom. The van der Waals surface area contributed by atoms with Crippen LogP contribution in [0.2, 0.25) is 0 Å². The SMILES string of the molecule is COc1cc(C(NN)C2=CCCO2)cc(OC)c1OC. The fourth-order valence-corrected chi connectivity index (χ4v) is 2.25. The number of nitrogens with two attached hydrogens (primary N) is 1. The summed E-state index contributed by atoms with van der Waals surface area (Å²) in [5.41, 5.74) is 3.64. The van der Waals surface area contributed by atoms with Crippen molar-refractivity contribution in [3.8, 4) is 17.2 Å². The van der Waals surface area contributed by atoms with Crippen LogP contribution in [-0.2, 0) is 4.74 Å². The molecule has 1 aromatic carbocycles. The molecule has 0 aliphatic carbocycles. The van der Waals surface area contributed by atoms with E-state index in [1.807, 2.05) is 18.2 Å². The van der Waals surface area contributed by atoms with E-state index in [9.17, 15) is 0 Å². The second-order valence-corrected chi connectivity index (χ2v) is 4.30. The van der Waals surface area contributed by atoms with Crippen LogP contribution in [0.3, 0.4) is 0 Å². The summed E-state index contributed by atoms with van der Waals surface area (Å²) in [4.78, 5) is 0. The maximum atomic E-state index is 5.65. The van der Waals surface area contributed by atoms with Crippen LogP contribution in [0.1, 0.15) is 18.0 Å². The van der Waals surface area contributed by atoms with Gasteiger partial charge in [-0.05, 0) is 23.8 Å². The monoisotopic (exact) mass is 280 g/mol. The van der Waals surface area contributed by atoms with Crippen molar-refractivity contribution in [1.82, 2.24) is 5.43 Å². The summed E-state index contributed by atoms with van der Waals surface area (Å²) in [6.07, 6.45) is 2.91. The van der Waals surface area contributed by atoms with Gasteiger partial charge in [-0.3, -0.25) is 5.84 Å². The molecule has 2 rings (SSSR count). The number of benzene rings is 1. The normalized spacial score (nSPS) is 15.3. The summed E-state index contributed by atoms with van der Waals surface area (Å²) in [5, 5.41) is 0. The van der Waals surface area contributed by atoms with Crippen molar-refractivity contribution in [2.75, 3.05) is 27.9 Å². The summed E-state index contributed by atoms with van der Waals surface area (Å²) < 4.78 is 21.6. The quantitative estimate of drug-likeness (QED) is 0.608. The minimum Gasteiger partial charge on any atom is -0.496 e. The highest BCUT2D eigenvalue weighted by Crippen LogP contribution is 2.41. The molecule has 3 N–H and O–H groups in total. The molecule has 0 bridgehead atoms. The maximum absolute atomic E-state index is 5.65. The summed E-state index contributed by atoms with van der Waals surface area (Å²) in [7, 11) is 4.73. The van der Waals surface area contributed by atoms with Crippen LogP contribution in [0, 0.1) is 0 Å². The third-order valence-corrected chi connectivity index (χ3v) is 3.20. The lowest BCUT2D eigenvalue weighted by atomic mass is 10.0. The average Bonchev–Trinajstić information content (AvgIpc) is 3.00. The highest BCUT2D eigenvalue weighted by Gasteiger charge is 2.23. The van der Waals surface area contributed by atoms with Crippen molar-refractivity contribution in [2.24, 2.45) is 5.84 Å². The molecule has 1 aliphatic heterocycles. The zero-order valence-corrected chi connectivity index (χ0v) is 11.9. The highest BCUT2D eigenvalue weighted by atomic mass is 16.5. The Labute approximate surface area is 118 Å². The molecule has 1 atom stereocenters. The van der Waals surface area contributed by atoms with Gasteiger partial charge < -0.3 is 18.9 Å². The summed E-state index contributed by atoms with van der Waals surface area (Å²) in [6.45, 7) is 0.679. The van der Waals surface area contributed by atoms with E-state index >= 15 is 0 Å². The number of nitrogens with one attached hydrogen (secondary N) is 1. The molecule has 1 heterocycles. The Hall–Kier alpha value is -1.92. The van der Waals surface area contributed by atoms with Gasteiger partial charge in [0.2, 0.25) is 5.75 Å². The largest absolute Gasteiger partial charge is 0.496 e. The molecule has 6 heteroatoms. The highest BCUT2D eigenvalue weighted by molar-refractivity contribution is 5.55. The lowest BCUT2D eigenvalue weighted by molar-refractivity contribution is 0.215. The number of hydrogen-bond donors (Lipinski definition) is 2. The van der Waals surface area contributed by atoms with Crippen molar-refractivity contribution in [3.63, 3.8) is 0 Å². The molecule has 0 fully saturated rings. The minimum absolute atomic E-state index is 0.244. The van der Waals surface area contributed by atoms with Gasteiger partial charge in [-0.15, -0.1) is 0 Å². The summed E-state index contributed by atoms with van der Waals surface area (Å²) in [5.74, 6) is 8.18. The van der Waals surface area contributed by atoms with Crippen molar-refractivity contribution < 1.29 is 18.9 Å². The Morgan fingerprint density at radius 1 is 1.15 bits per heavy atom. The van der Waals surface area contributed by atoms with Crippen LogP contribution in [0.25, 0.3) is 0 Å². The van der Waals surface area contributed by atoms with Crippen LogP contribution in [-0.4, -0.2) is 27.9 Å². The van der Waals surface area contributed by atoms with Crippen molar-refractivity contribution >= 4 is 0 Å². The predicted octanol–water partition coefficient (Wildman–Crippen LogP) is 1.52. The fourth-order valence-electron chi connectivity index (χ4n) is 2.25. The van der Waals surface area contributed by atoms with Gasteiger partial charge in [0.1, 0.15) is 11.8 Å². The standard InChI is InChI=1S/C14H20N2O4/c1-17-11-7-9(8-12(18-2)14(11)19-3)13(16-15)10-5-4-6-20-10/h5,7-8,13,16H,4,6,15H2,1-3H3. The first kappa shape index (κ1) is 14.5. The fraction of sp³-hybridized carbons (Fsp3) is 0.429. The van der Waals surface area contributed by atoms with E-state index in [-0.39, 0.29) is 6.04 Å². The summed E-state index contributed by atoms with van der Waals surface area (Å²) >= 11 is 0. The van der Waals surface area contributed by atoms with Gasteiger partial charge in [0.25, 0.3) is 0 Å². The number of rotatable bonds is 6. The smallest absolute Gasteiger partial charge is 0.203 e. The molecular formula is C14H20N2O4. The first-order chi connectivity index (χ1) is 9.74. The molecule has 1 aromatic rings. The molecule has 20 heavy (non-hydrogen) atoms. The van der Waals surface area contributed by atoms with Crippen LogP contribution < -0.4 is 25.5 Å². The van der Waals surface area contributed by atoms with Crippen LogP contribution in [0.5, 0.6) is 17.2 Å². The van der Waals surface area contributed by atoms with Gasteiger partial charge >= 0.3 is 0 Å². The molecule has 0 aromatic heterocycles. The van der Waals surface area contributed by atoms with Gasteiger partial charge in [-0.2, -0.15) is 0 Å². The molecule has 0 saturated carbocycles. The maximum Gasteiger partial charge on any atom is 0.203 e. The number of ether oxygens (including phenoxy) is 4. The second-order valence-electron chi connectivity index (χ2n) is 4.30. The third-order valence-electron chi connectivity index (χ3n) is 3.20. The molecular weight excluding hydrogens is 260 g/mol. The Kier molecular flexibility index (Phi) is 4.70. The minimum atomic E-state index is -0.244. The zero-order chi connectivity index (χ0) is 14.5. The van der Waals surface area contributed by atoms with E-state index in [0.29, 0.717) is 23.9 Å². The van der Waals surface area contributed by atoms with Crippen LogP contribution in [0.15, 0.2) is 24.0 Å². The van der Waals surface area contributed by atoms with Crippen LogP contribution >= 0.6 is 0 Å². The molecule has 6 nitrogen and oxygen atoms in total. The Morgan fingerprint density at radius 2 is 1.80 bits per heavy atom. The predicted molar refractivity (Wildman–Crippen MR) is 74.8 cm³/mol. The van der Waals surface area contributed by atoms with E-state index < -0.39 is 0 Å². The van der Waals surface area contributed by atoms with E-state index in [1.54, 1.807) is 21.3 Å². The molecule has 0 spiro atoms. The van der Waals surface area contributed by atoms with Crippen molar-refractivity contribution in [2.45, 2.75) is 12.5 Å². The van der Waals surface area contributed by atoms with Gasteiger partial charge in [0.15, 0.2) is 11.5 Å². The first-order valence-electron chi connectivity index (χ1n) is 6.34. The van der Waals surface area contributed by atoms with E-state index in [0.717, 1.165) is 17.7 Å². The van der Waals surface area contributed by atoms with Gasteiger partial charge in [0.05, 0.1) is 27.9 Å². The first-order valence-corrected chi connectivity index (χ1v) is 6.34. The second kappa shape index (κ2) is 6.49.